The van der Waals surface area contributed by atoms with Gasteiger partial charge in [-0.2, -0.15) is 4.98 Å². The van der Waals surface area contributed by atoms with Crippen LogP contribution in [-0.2, 0) is 10.5 Å². The van der Waals surface area contributed by atoms with Crippen molar-refractivity contribution in [2.75, 3.05) is 5.32 Å². The molecule has 0 fully saturated rings. The van der Waals surface area contributed by atoms with Crippen LogP contribution in [-0.4, -0.2) is 25.8 Å². The number of rotatable bonds is 5. The fraction of sp³-hybridized carbons (Fsp3) is 0.150. The summed E-state index contributed by atoms with van der Waals surface area (Å²) in [7, 11) is 0. The highest BCUT2D eigenvalue weighted by Gasteiger charge is 2.33. The molecule has 0 aliphatic carbocycles. The molecule has 1 atom stereocenters. The van der Waals surface area contributed by atoms with Crippen molar-refractivity contribution in [3.05, 3.63) is 76.0 Å². The predicted molar refractivity (Wildman–Crippen MR) is 113 cm³/mol. The molecule has 148 valence electrons. The average molecular weight is 428 g/mol. The summed E-state index contributed by atoms with van der Waals surface area (Å²) in [5, 5.41) is 18.8. The van der Waals surface area contributed by atoms with Crippen molar-refractivity contribution in [3.63, 3.8) is 0 Å². The fourth-order valence-corrected chi connectivity index (χ4v) is 4.39. The largest absolute Gasteiger partial charge is 0.508 e. The van der Waals surface area contributed by atoms with Gasteiger partial charge < -0.3 is 16.2 Å². The molecule has 0 saturated carbocycles. The van der Waals surface area contributed by atoms with Crippen LogP contribution in [0.15, 0.2) is 65.0 Å². The van der Waals surface area contributed by atoms with Crippen LogP contribution in [0.3, 0.4) is 0 Å². The number of primary amides is 1. The second-order valence-electron chi connectivity index (χ2n) is 6.57. The summed E-state index contributed by atoms with van der Waals surface area (Å²) < 4.78 is 1.62. The molecular weight excluding hydrogens is 410 g/mol. The first-order valence-electron chi connectivity index (χ1n) is 8.83. The lowest BCUT2D eigenvalue weighted by atomic mass is 9.95. The standard InChI is InChI=1S/C20H18ClN5O2S/c1-11-16(18(22)28)17(12-6-4-7-14(27)9-12)26-19(23-11)24-20(25-26)29-10-13-5-2-3-8-15(13)21/h2-9,17,27H,10H2,1H3,(H2,22,28)(H,23,24,25). The minimum absolute atomic E-state index is 0.0949. The quantitative estimate of drug-likeness (QED) is 0.536. The van der Waals surface area contributed by atoms with Crippen LogP contribution >= 0.6 is 23.4 Å². The zero-order chi connectivity index (χ0) is 20.5. The van der Waals surface area contributed by atoms with E-state index in [1.54, 1.807) is 29.8 Å². The van der Waals surface area contributed by atoms with Gasteiger partial charge in [-0.1, -0.05) is 53.7 Å². The Hall–Kier alpha value is -2.97. The lowest BCUT2D eigenvalue weighted by Gasteiger charge is -2.27. The Bertz CT molecular complexity index is 1130. The molecule has 4 N–H and O–H groups in total. The summed E-state index contributed by atoms with van der Waals surface area (Å²) in [4.78, 5) is 16.7. The number of nitrogens with one attached hydrogen (secondary N) is 1. The zero-order valence-corrected chi connectivity index (χ0v) is 17.0. The van der Waals surface area contributed by atoms with E-state index in [1.807, 2.05) is 30.3 Å². The van der Waals surface area contributed by atoms with Crippen molar-refractivity contribution in [1.82, 2.24) is 14.8 Å². The van der Waals surface area contributed by atoms with Crippen LogP contribution < -0.4 is 11.1 Å². The molecule has 29 heavy (non-hydrogen) atoms. The molecule has 3 aromatic rings. The normalized spacial score (nSPS) is 15.7. The van der Waals surface area contributed by atoms with Gasteiger partial charge in [0.25, 0.3) is 0 Å². The highest BCUT2D eigenvalue weighted by molar-refractivity contribution is 7.98. The number of anilines is 1. The molecule has 4 rings (SSSR count). The topological polar surface area (TPSA) is 106 Å². The summed E-state index contributed by atoms with van der Waals surface area (Å²) in [5.74, 6) is 0.643. The molecule has 1 aromatic heterocycles. The van der Waals surface area contributed by atoms with Gasteiger partial charge in [0.1, 0.15) is 11.8 Å². The van der Waals surface area contributed by atoms with Crippen molar-refractivity contribution in [1.29, 1.82) is 0 Å². The number of amides is 1. The molecule has 0 saturated heterocycles. The Labute approximate surface area is 176 Å². The number of benzene rings is 2. The number of carbonyl (C=O) groups excluding carboxylic acids is 1. The number of halogens is 1. The Morgan fingerprint density at radius 2 is 2.10 bits per heavy atom. The number of allylic oxidation sites excluding steroid dienone is 1. The number of aromatic nitrogens is 3. The third-order valence-electron chi connectivity index (χ3n) is 4.60. The van der Waals surface area contributed by atoms with Crippen LogP contribution in [0.1, 0.15) is 24.1 Å². The maximum atomic E-state index is 12.2. The number of hydrogen-bond donors (Lipinski definition) is 3. The minimum Gasteiger partial charge on any atom is -0.508 e. The lowest BCUT2D eigenvalue weighted by Crippen LogP contribution is -2.31. The highest BCUT2D eigenvalue weighted by atomic mass is 35.5. The molecule has 0 spiro atoms. The fourth-order valence-electron chi connectivity index (χ4n) is 3.27. The monoisotopic (exact) mass is 427 g/mol. The third kappa shape index (κ3) is 3.81. The molecule has 1 unspecified atom stereocenters. The van der Waals surface area contributed by atoms with E-state index >= 15 is 0 Å². The first-order valence-corrected chi connectivity index (χ1v) is 10.2. The van der Waals surface area contributed by atoms with Crippen LogP contribution in [0.2, 0.25) is 5.02 Å². The van der Waals surface area contributed by atoms with E-state index < -0.39 is 11.9 Å². The van der Waals surface area contributed by atoms with Crippen molar-refractivity contribution < 1.29 is 9.90 Å². The maximum Gasteiger partial charge on any atom is 0.248 e. The second-order valence-corrected chi connectivity index (χ2v) is 7.92. The molecule has 2 heterocycles. The summed E-state index contributed by atoms with van der Waals surface area (Å²) in [5.41, 5.74) is 8.31. The molecule has 1 amide bonds. The highest BCUT2D eigenvalue weighted by Crippen LogP contribution is 2.37. The number of nitrogens with zero attached hydrogens (tertiary/aromatic N) is 3. The van der Waals surface area contributed by atoms with Gasteiger partial charge in [-0.25, -0.2) is 4.68 Å². The van der Waals surface area contributed by atoms with Gasteiger partial charge in [-0.15, -0.1) is 5.10 Å². The molecule has 0 radical (unpaired) electrons. The molecule has 7 nitrogen and oxygen atoms in total. The molecule has 9 heteroatoms. The zero-order valence-electron chi connectivity index (χ0n) is 15.5. The molecule has 0 bridgehead atoms. The van der Waals surface area contributed by atoms with E-state index in [2.05, 4.69) is 15.4 Å². The number of carbonyl (C=O) groups is 1. The summed E-state index contributed by atoms with van der Waals surface area (Å²) >= 11 is 7.67. The number of aromatic hydroxyl groups is 1. The van der Waals surface area contributed by atoms with Gasteiger partial charge >= 0.3 is 0 Å². The van der Waals surface area contributed by atoms with Crippen molar-refractivity contribution in [2.45, 2.75) is 23.9 Å². The van der Waals surface area contributed by atoms with Crippen molar-refractivity contribution in [3.8, 4) is 5.75 Å². The molecule has 2 aromatic carbocycles. The van der Waals surface area contributed by atoms with Gasteiger partial charge in [0, 0.05) is 16.5 Å². The smallest absolute Gasteiger partial charge is 0.248 e. The van der Waals surface area contributed by atoms with E-state index in [0.29, 0.717) is 38.7 Å². The predicted octanol–water partition coefficient (Wildman–Crippen LogP) is 3.70. The first kappa shape index (κ1) is 19.4. The average Bonchev–Trinajstić information content (AvgIpc) is 3.08. The van der Waals surface area contributed by atoms with Gasteiger partial charge in [0.05, 0.1) is 5.57 Å². The lowest BCUT2D eigenvalue weighted by molar-refractivity contribution is -0.115. The maximum absolute atomic E-state index is 12.2. The van der Waals surface area contributed by atoms with Crippen molar-refractivity contribution >= 4 is 35.2 Å². The summed E-state index contributed by atoms with van der Waals surface area (Å²) in [6, 6.07) is 13.7. The van der Waals surface area contributed by atoms with E-state index in [9.17, 15) is 9.90 Å². The van der Waals surface area contributed by atoms with Crippen molar-refractivity contribution in [2.24, 2.45) is 5.73 Å². The first-order chi connectivity index (χ1) is 13.9. The number of phenolic OH excluding ortho intramolecular Hbond substituents is 1. The number of nitrogens with two attached hydrogens (primary N) is 1. The number of hydrogen-bond acceptors (Lipinski definition) is 6. The number of thioether (sulfide) groups is 1. The Morgan fingerprint density at radius 1 is 1.31 bits per heavy atom. The summed E-state index contributed by atoms with van der Waals surface area (Å²) in [6.45, 7) is 1.77. The summed E-state index contributed by atoms with van der Waals surface area (Å²) in [6.07, 6.45) is 0. The minimum atomic E-state index is -0.585. The SMILES string of the molecule is CC1=C(C(N)=O)C(c2cccc(O)c2)n2nc(SCc3ccccc3Cl)nc2N1. The van der Waals surface area contributed by atoms with Crippen LogP contribution in [0.4, 0.5) is 5.95 Å². The van der Waals surface area contributed by atoms with Crippen LogP contribution in [0, 0.1) is 0 Å². The Morgan fingerprint density at radius 3 is 2.83 bits per heavy atom. The Kier molecular flexibility index (Phi) is 5.21. The van der Waals surface area contributed by atoms with Gasteiger partial charge in [-0.3, -0.25) is 4.79 Å². The van der Waals surface area contributed by atoms with Gasteiger partial charge in [0.2, 0.25) is 17.0 Å². The van der Waals surface area contributed by atoms with E-state index in [4.69, 9.17) is 17.3 Å². The molecular formula is C20H18ClN5O2S. The second kappa shape index (κ2) is 7.81. The Balaban J connectivity index is 1.70. The van der Waals surface area contributed by atoms with E-state index in [0.717, 1.165) is 5.56 Å². The number of fused-ring (bicyclic) bond motifs is 1. The van der Waals surface area contributed by atoms with E-state index in [-0.39, 0.29) is 5.75 Å². The van der Waals surface area contributed by atoms with Gasteiger partial charge in [-0.05, 0) is 36.2 Å². The molecule has 1 aliphatic rings. The van der Waals surface area contributed by atoms with E-state index in [1.165, 1.54) is 11.8 Å². The van der Waals surface area contributed by atoms with Crippen LogP contribution in [0.25, 0.3) is 0 Å². The third-order valence-corrected chi connectivity index (χ3v) is 5.85. The van der Waals surface area contributed by atoms with Gasteiger partial charge in [0.15, 0.2) is 0 Å². The molecule has 1 aliphatic heterocycles. The number of phenols is 1. The van der Waals surface area contributed by atoms with Crippen LogP contribution in [0.5, 0.6) is 5.75 Å².